The molecular weight excluding hydrogens is 246 g/mol. The Morgan fingerprint density at radius 3 is 2.83 bits per heavy atom. The Bertz CT molecular complexity index is 436. The van der Waals surface area contributed by atoms with E-state index in [4.69, 9.17) is 5.73 Å². The average Bonchev–Trinajstić information content (AvgIpc) is 2.85. The van der Waals surface area contributed by atoms with Gasteiger partial charge in [0, 0.05) is 18.5 Å². The molecule has 0 radical (unpaired) electrons. The topological polar surface area (TPSA) is 59.2 Å². The van der Waals surface area contributed by atoms with Crippen LogP contribution in [0.25, 0.3) is 0 Å². The smallest absolute Gasteiger partial charge is 0.228 e. The SMILES string of the molecule is CC(C)(C)C1CCN(C(=O)Cc2csc(N)n2)C1. The Hall–Kier alpha value is -1.10. The highest BCUT2D eigenvalue weighted by Crippen LogP contribution is 2.33. The van der Waals surface area contributed by atoms with Crippen molar-refractivity contribution in [3.63, 3.8) is 0 Å². The van der Waals surface area contributed by atoms with Crippen LogP contribution in [0.2, 0.25) is 0 Å². The number of nitrogens with zero attached hydrogens (tertiary/aromatic N) is 2. The number of amides is 1. The van der Waals surface area contributed by atoms with Crippen LogP contribution < -0.4 is 5.73 Å². The van der Waals surface area contributed by atoms with Crippen LogP contribution in [0.1, 0.15) is 32.9 Å². The molecule has 0 bridgehead atoms. The maximum absolute atomic E-state index is 12.1. The van der Waals surface area contributed by atoms with Gasteiger partial charge in [0.1, 0.15) is 0 Å². The molecule has 1 fully saturated rings. The van der Waals surface area contributed by atoms with Crippen LogP contribution in [0.5, 0.6) is 0 Å². The van der Waals surface area contributed by atoms with Gasteiger partial charge in [-0.25, -0.2) is 4.98 Å². The van der Waals surface area contributed by atoms with Gasteiger partial charge in [0.15, 0.2) is 5.13 Å². The normalized spacial score (nSPS) is 20.4. The second-order valence-corrected chi connectivity index (χ2v) is 6.93. The molecule has 0 aliphatic carbocycles. The Morgan fingerprint density at radius 2 is 2.33 bits per heavy atom. The maximum Gasteiger partial charge on any atom is 0.228 e. The minimum Gasteiger partial charge on any atom is -0.375 e. The summed E-state index contributed by atoms with van der Waals surface area (Å²) in [6.07, 6.45) is 1.49. The van der Waals surface area contributed by atoms with Crippen molar-refractivity contribution in [1.82, 2.24) is 9.88 Å². The molecular formula is C13H21N3OS. The van der Waals surface area contributed by atoms with Gasteiger partial charge >= 0.3 is 0 Å². The van der Waals surface area contributed by atoms with Crippen LogP contribution >= 0.6 is 11.3 Å². The summed E-state index contributed by atoms with van der Waals surface area (Å²) in [5, 5.41) is 2.40. The van der Waals surface area contributed by atoms with Crippen LogP contribution in [0.3, 0.4) is 0 Å². The van der Waals surface area contributed by atoms with E-state index in [9.17, 15) is 4.79 Å². The Kier molecular flexibility index (Phi) is 3.61. The summed E-state index contributed by atoms with van der Waals surface area (Å²) in [6.45, 7) is 8.48. The van der Waals surface area contributed by atoms with Crippen molar-refractivity contribution >= 4 is 22.4 Å². The van der Waals surface area contributed by atoms with E-state index in [2.05, 4.69) is 25.8 Å². The molecule has 1 amide bonds. The van der Waals surface area contributed by atoms with Gasteiger partial charge in [-0.1, -0.05) is 20.8 Å². The summed E-state index contributed by atoms with van der Waals surface area (Å²) in [6, 6.07) is 0. The minimum atomic E-state index is 0.173. The van der Waals surface area contributed by atoms with Gasteiger partial charge in [0.05, 0.1) is 12.1 Å². The van der Waals surface area contributed by atoms with Gasteiger partial charge < -0.3 is 10.6 Å². The van der Waals surface area contributed by atoms with Gasteiger partial charge in [-0.05, 0) is 17.8 Å². The number of hydrogen-bond donors (Lipinski definition) is 1. The molecule has 1 unspecified atom stereocenters. The number of hydrogen-bond acceptors (Lipinski definition) is 4. The van der Waals surface area contributed by atoms with E-state index >= 15 is 0 Å². The minimum absolute atomic E-state index is 0.173. The quantitative estimate of drug-likeness (QED) is 0.893. The highest BCUT2D eigenvalue weighted by Gasteiger charge is 2.33. The maximum atomic E-state index is 12.1. The van der Waals surface area contributed by atoms with E-state index in [0.717, 1.165) is 25.2 Å². The van der Waals surface area contributed by atoms with Gasteiger partial charge in [0.2, 0.25) is 5.91 Å². The predicted molar refractivity (Wildman–Crippen MR) is 74.4 cm³/mol. The van der Waals surface area contributed by atoms with Crippen molar-refractivity contribution in [1.29, 1.82) is 0 Å². The van der Waals surface area contributed by atoms with Crippen molar-refractivity contribution in [3.05, 3.63) is 11.1 Å². The summed E-state index contributed by atoms with van der Waals surface area (Å²) in [5.74, 6) is 0.772. The lowest BCUT2D eigenvalue weighted by Gasteiger charge is -2.26. The van der Waals surface area contributed by atoms with Crippen molar-refractivity contribution in [3.8, 4) is 0 Å². The Morgan fingerprint density at radius 1 is 1.61 bits per heavy atom. The first-order valence-corrected chi connectivity index (χ1v) is 7.22. The van der Waals surface area contributed by atoms with E-state index in [-0.39, 0.29) is 11.3 Å². The van der Waals surface area contributed by atoms with Gasteiger partial charge in [0.25, 0.3) is 0 Å². The fourth-order valence-electron chi connectivity index (χ4n) is 2.36. The molecule has 5 heteroatoms. The van der Waals surface area contributed by atoms with E-state index < -0.39 is 0 Å². The van der Waals surface area contributed by atoms with E-state index in [1.807, 2.05) is 10.3 Å². The van der Waals surface area contributed by atoms with Crippen LogP contribution in [-0.2, 0) is 11.2 Å². The molecule has 0 spiro atoms. The average molecular weight is 267 g/mol. The fraction of sp³-hybridized carbons (Fsp3) is 0.692. The highest BCUT2D eigenvalue weighted by molar-refractivity contribution is 7.13. The molecule has 0 saturated carbocycles. The van der Waals surface area contributed by atoms with Crippen LogP contribution in [-0.4, -0.2) is 28.9 Å². The van der Waals surface area contributed by atoms with Crippen molar-refractivity contribution in [2.75, 3.05) is 18.8 Å². The monoisotopic (exact) mass is 267 g/mol. The van der Waals surface area contributed by atoms with Gasteiger partial charge in [-0.3, -0.25) is 4.79 Å². The number of nitrogens with two attached hydrogens (primary N) is 1. The molecule has 1 aliphatic heterocycles. The lowest BCUT2D eigenvalue weighted by atomic mass is 9.80. The molecule has 1 saturated heterocycles. The molecule has 1 aromatic heterocycles. The van der Waals surface area contributed by atoms with Crippen LogP contribution in [0.15, 0.2) is 5.38 Å². The van der Waals surface area contributed by atoms with Crippen molar-refractivity contribution in [2.24, 2.45) is 11.3 Å². The second kappa shape index (κ2) is 4.88. The first-order chi connectivity index (χ1) is 8.36. The third-order valence-electron chi connectivity index (χ3n) is 3.67. The Labute approximate surface area is 112 Å². The molecule has 18 heavy (non-hydrogen) atoms. The zero-order valence-corrected chi connectivity index (χ0v) is 12.1. The summed E-state index contributed by atoms with van der Waals surface area (Å²) >= 11 is 1.39. The number of aromatic nitrogens is 1. The van der Waals surface area contributed by atoms with Crippen LogP contribution in [0.4, 0.5) is 5.13 Å². The number of nitrogen functional groups attached to an aromatic ring is 1. The zero-order chi connectivity index (χ0) is 13.3. The first-order valence-electron chi connectivity index (χ1n) is 6.34. The van der Waals surface area contributed by atoms with Crippen molar-refractivity contribution < 1.29 is 4.79 Å². The number of rotatable bonds is 2. The third kappa shape index (κ3) is 3.02. The molecule has 1 atom stereocenters. The van der Waals surface area contributed by atoms with Gasteiger partial charge in [-0.2, -0.15) is 0 Å². The molecule has 2 heterocycles. The van der Waals surface area contributed by atoms with E-state index in [1.54, 1.807) is 0 Å². The summed E-state index contributed by atoms with van der Waals surface area (Å²) in [4.78, 5) is 18.2. The second-order valence-electron chi connectivity index (χ2n) is 6.05. The highest BCUT2D eigenvalue weighted by atomic mass is 32.1. The molecule has 100 valence electrons. The summed E-state index contributed by atoms with van der Waals surface area (Å²) in [5.41, 5.74) is 6.64. The summed E-state index contributed by atoms with van der Waals surface area (Å²) < 4.78 is 0. The van der Waals surface area contributed by atoms with Crippen molar-refractivity contribution in [2.45, 2.75) is 33.6 Å². The summed E-state index contributed by atoms with van der Waals surface area (Å²) in [7, 11) is 0. The standard InChI is InChI=1S/C13H21N3OS/c1-13(2,3)9-4-5-16(7-9)11(17)6-10-8-18-12(14)15-10/h8-9H,4-7H2,1-3H3,(H2,14,15). The predicted octanol–water partition coefficient (Wildman–Crippen LogP) is 2.16. The van der Waals surface area contributed by atoms with E-state index in [1.165, 1.54) is 11.3 Å². The lowest BCUT2D eigenvalue weighted by Crippen LogP contribution is -2.32. The largest absolute Gasteiger partial charge is 0.375 e. The molecule has 1 aliphatic rings. The molecule has 4 nitrogen and oxygen atoms in total. The van der Waals surface area contributed by atoms with E-state index in [0.29, 0.717) is 17.5 Å². The number of thiazole rings is 1. The molecule has 1 aromatic rings. The van der Waals surface area contributed by atoms with Crippen LogP contribution in [0, 0.1) is 11.3 Å². The number of anilines is 1. The first kappa shape index (κ1) is 13.3. The zero-order valence-electron chi connectivity index (χ0n) is 11.3. The van der Waals surface area contributed by atoms with Gasteiger partial charge in [-0.15, -0.1) is 11.3 Å². The molecule has 2 N–H and O–H groups in total. The molecule has 2 rings (SSSR count). The molecule has 0 aromatic carbocycles. The lowest BCUT2D eigenvalue weighted by molar-refractivity contribution is -0.129. The fourth-order valence-corrected chi connectivity index (χ4v) is 2.93. The number of likely N-dealkylation sites (tertiary alicyclic amines) is 1. The third-order valence-corrected chi connectivity index (χ3v) is 4.39. The number of carbonyl (C=O) groups is 1. The number of carbonyl (C=O) groups excluding carboxylic acids is 1. The Balaban J connectivity index is 1.92.